The lowest BCUT2D eigenvalue weighted by Gasteiger charge is -2.31. The van der Waals surface area contributed by atoms with Gasteiger partial charge in [-0.3, -0.25) is 0 Å². The maximum Gasteiger partial charge on any atom is 0.524 e. The van der Waals surface area contributed by atoms with Crippen molar-refractivity contribution in [1.29, 1.82) is 0 Å². The van der Waals surface area contributed by atoms with Gasteiger partial charge in [0.1, 0.15) is 15.9 Å². The monoisotopic (exact) mass is 647 g/mol. The SMILES string of the molecule is C.Cc1cc(C(F)(F)F)cc([P+](c2cc(C)cc(C(F)(F)F)c2)(c2cc(C(F)(F)F)cc(C(F)(F)F)c2)C(F)(F)F)c1. The van der Waals surface area contributed by atoms with Gasteiger partial charge in [-0.2, -0.15) is 52.7 Å². The van der Waals surface area contributed by atoms with Gasteiger partial charge in [0.05, 0.1) is 22.3 Å². The summed E-state index contributed by atoms with van der Waals surface area (Å²) in [5, 5.41) is -4.67. The van der Waals surface area contributed by atoms with Crippen LogP contribution in [0.2, 0.25) is 0 Å². The van der Waals surface area contributed by atoms with E-state index in [2.05, 4.69) is 0 Å². The zero-order chi connectivity index (χ0) is 31.6. The first-order valence-corrected chi connectivity index (χ1v) is 12.7. The molecule has 0 atom stereocenters. The van der Waals surface area contributed by atoms with E-state index in [1.807, 2.05) is 0 Å². The van der Waals surface area contributed by atoms with Gasteiger partial charge in [0.2, 0.25) is 7.26 Å². The zero-order valence-corrected chi connectivity index (χ0v) is 21.2. The lowest BCUT2D eigenvalue weighted by Crippen LogP contribution is -2.42. The predicted octanol–water partition coefficient (Wildman–Crippen LogP) is 9.83. The summed E-state index contributed by atoms with van der Waals surface area (Å²) in [6.45, 7) is 1.77. The highest BCUT2D eigenvalue weighted by atomic mass is 31.2. The molecule has 0 N–H and O–H groups in total. The summed E-state index contributed by atoms with van der Waals surface area (Å²) >= 11 is 0. The first kappa shape index (κ1) is 35.2. The highest BCUT2D eigenvalue weighted by Gasteiger charge is 2.69. The van der Waals surface area contributed by atoms with Crippen molar-refractivity contribution in [3.8, 4) is 0 Å². The fourth-order valence-electron chi connectivity index (χ4n) is 4.26. The number of rotatable bonds is 3. The van der Waals surface area contributed by atoms with Crippen LogP contribution in [0.3, 0.4) is 0 Å². The number of hydrogen-bond acceptors (Lipinski definition) is 0. The molecule has 16 heteroatoms. The molecule has 0 unspecified atom stereocenters. The Morgan fingerprint density at radius 3 is 0.857 bits per heavy atom. The number of aryl methyl sites for hydroxylation is 2. The third-order valence-electron chi connectivity index (χ3n) is 5.89. The van der Waals surface area contributed by atoms with Crippen molar-refractivity contribution < 1.29 is 65.9 Å². The van der Waals surface area contributed by atoms with Crippen LogP contribution in [0, 0.1) is 13.8 Å². The highest BCUT2D eigenvalue weighted by Crippen LogP contribution is 2.69. The number of hydrogen-bond donors (Lipinski definition) is 0. The summed E-state index contributed by atoms with van der Waals surface area (Å²) in [5.74, 6) is -5.98. The molecule has 0 spiro atoms. The minimum absolute atomic E-state index is 0. The van der Waals surface area contributed by atoms with Gasteiger partial charge in [0.15, 0.2) is 0 Å². The quantitative estimate of drug-likeness (QED) is 0.196. The Labute approximate surface area is 229 Å². The van der Waals surface area contributed by atoms with Crippen LogP contribution in [-0.2, 0) is 24.7 Å². The molecular weight excluding hydrogens is 628 g/mol. The number of benzene rings is 3. The zero-order valence-electron chi connectivity index (χ0n) is 20.3. The smallest absolute Gasteiger partial charge is 0.166 e. The van der Waals surface area contributed by atoms with Crippen LogP contribution in [0.25, 0.3) is 0 Å². The largest absolute Gasteiger partial charge is 0.524 e. The molecule has 0 saturated heterocycles. The van der Waals surface area contributed by atoms with Gasteiger partial charge in [-0.05, 0) is 79.6 Å². The molecule has 3 aromatic carbocycles. The van der Waals surface area contributed by atoms with Crippen LogP contribution < -0.4 is 15.9 Å². The first-order chi connectivity index (χ1) is 18.3. The fourth-order valence-corrected chi connectivity index (χ4v) is 8.16. The molecule has 3 rings (SSSR count). The van der Waals surface area contributed by atoms with E-state index in [1.54, 1.807) is 0 Å². The topological polar surface area (TPSA) is 0 Å². The summed E-state index contributed by atoms with van der Waals surface area (Å²) in [6.07, 6.45) is -22.0. The molecule has 232 valence electrons. The second-order valence-corrected chi connectivity index (χ2v) is 12.4. The average molecular weight is 647 g/mol. The van der Waals surface area contributed by atoms with Crippen molar-refractivity contribution in [2.75, 3.05) is 0 Å². The van der Waals surface area contributed by atoms with Crippen molar-refractivity contribution >= 4 is 23.2 Å². The van der Waals surface area contributed by atoms with Crippen molar-refractivity contribution in [3.05, 3.63) is 88.0 Å². The highest BCUT2D eigenvalue weighted by molar-refractivity contribution is 7.96. The standard InChI is InChI=1S/C25H15F15P.CH4/c1-12-3-14(21(26,27)28)8-18(5-12)41(25(38,39)40,19-6-13(2)4-15(9-19)22(29,30)31)20-10-16(23(32,33)34)7-17(11-20)24(35,36)37;/h3-11H,1-2H3;1H4/q+1;. The van der Waals surface area contributed by atoms with E-state index >= 15 is 13.2 Å². The van der Waals surface area contributed by atoms with E-state index in [9.17, 15) is 52.7 Å². The molecule has 0 aromatic heterocycles. The summed E-state index contributed by atoms with van der Waals surface area (Å²) in [7, 11) is -6.18. The maximum absolute atomic E-state index is 15.3. The number of halogens is 15. The van der Waals surface area contributed by atoms with E-state index in [4.69, 9.17) is 0 Å². The van der Waals surface area contributed by atoms with E-state index in [0.29, 0.717) is 24.3 Å². The van der Waals surface area contributed by atoms with Crippen LogP contribution in [0.4, 0.5) is 65.9 Å². The van der Waals surface area contributed by atoms with Crippen molar-refractivity contribution in [3.63, 3.8) is 0 Å². The molecule has 0 aliphatic rings. The van der Waals surface area contributed by atoms with Crippen molar-refractivity contribution in [2.45, 2.75) is 51.9 Å². The van der Waals surface area contributed by atoms with E-state index < -0.39 is 93.2 Å². The summed E-state index contributed by atoms with van der Waals surface area (Å²) < 4.78 is 210. The summed E-state index contributed by atoms with van der Waals surface area (Å²) in [4.78, 5) is 0. The maximum atomic E-state index is 15.3. The van der Waals surface area contributed by atoms with Gasteiger partial charge in [-0.1, -0.05) is 7.43 Å². The van der Waals surface area contributed by atoms with Gasteiger partial charge >= 0.3 is 30.6 Å². The van der Waals surface area contributed by atoms with Gasteiger partial charge in [-0.25, -0.2) is 0 Å². The first-order valence-electron chi connectivity index (χ1n) is 10.9. The third-order valence-corrected chi connectivity index (χ3v) is 9.75. The Morgan fingerprint density at radius 2 is 0.619 bits per heavy atom. The van der Waals surface area contributed by atoms with Crippen LogP contribution >= 0.6 is 7.26 Å². The minimum Gasteiger partial charge on any atom is -0.166 e. The Kier molecular flexibility index (Phi) is 9.19. The average Bonchev–Trinajstić information content (AvgIpc) is 2.75. The molecule has 0 aliphatic carbocycles. The second kappa shape index (κ2) is 10.9. The molecule has 42 heavy (non-hydrogen) atoms. The molecule has 0 amide bonds. The van der Waals surface area contributed by atoms with Crippen LogP contribution in [0.5, 0.6) is 0 Å². The number of alkyl halides is 15. The predicted molar refractivity (Wildman–Crippen MR) is 127 cm³/mol. The normalized spacial score (nSPS) is 13.6. The third kappa shape index (κ3) is 6.81. The van der Waals surface area contributed by atoms with Gasteiger partial charge in [0.25, 0.3) is 0 Å². The second-order valence-electron chi connectivity index (χ2n) is 9.01. The molecule has 0 fully saturated rings. The molecule has 0 radical (unpaired) electrons. The molecule has 0 nitrogen and oxygen atoms in total. The molecule has 3 aromatic rings. The Bertz CT molecular complexity index is 1340. The van der Waals surface area contributed by atoms with Crippen LogP contribution in [0.15, 0.2) is 54.6 Å². The fraction of sp³-hybridized carbons (Fsp3) is 0.308. The Balaban J connectivity index is 0.00000616. The van der Waals surface area contributed by atoms with Crippen LogP contribution in [0.1, 0.15) is 40.8 Å². The van der Waals surface area contributed by atoms with E-state index in [0.717, 1.165) is 13.8 Å². The Morgan fingerprint density at radius 1 is 0.381 bits per heavy atom. The molecule has 0 aliphatic heterocycles. The molecule has 0 heterocycles. The van der Waals surface area contributed by atoms with E-state index in [1.165, 1.54) is 0 Å². The molecular formula is C26H19F15P+. The van der Waals surface area contributed by atoms with Gasteiger partial charge < -0.3 is 0 Å². The summed E-state index contributed by atoms with van der Waals surface area (Å²) in [6, 6.07) is 0.305. The Hall–Kier alpha value is -2.96. The van der Waals surface area contributed by atoms with E-state index in [-0.39, 0.29) is 31.7 Å². The van der Waals surface area contributed by atoms with Crippen molar-refractivity contribution in [2.24, 2.45) is 0 Å². The van der Waals surface area contributed by atoms with Gasteiger partial charge in [0, 0.05) is 0 Å². The van der Waals surface area contributed by atoms with Gasteiger partial charge in [-0.15, -0.1) is 13.2 Å². The van der Waals surface area contributed by atoms with Crippen molar-refractivity contribution in [1.82, 2.24) is 0 Å². The minimum atomic E-state index is -6.18. The molecule has 0 bridgehead atoms. The summed E-state index contributed by atoms with van der Waals surface area (Å²) in [5.41, 5.74) is -9.02. The van der Waals surface area contributed by atoms with Crippen LogP contribution in [-0.4, -0.2) is 5.92 Å². The molecule has 0 saturated carbocycles. The lowest BCUT2D eigenvalue weighted by atomic mass is 10.1. The lowest BCUT2D eigenvalue weighted by molar-refractivity contribution is -0.143.